The van der Waals surface area contributed by atoms with Crippen LogP contribution in [0.3, 0.4) is 0 Å². The minimum atomic E-state index is -0.422. The van der Waals surface area contributed by atoms with Gasteiger partial charge in [-0.05, 0) is 52.6 Å². The highest BCUT2D eigenvalue weighted by molar-refractivity contribution is 5.81. The maximum Gasteiger partial charge on any atom is 0.169 e. The summed E-state index contributed by atoms with van der Waals surface area (Å²) in [4.78, 5) is 15.7. The molecule has 32 heavy (non-hydrogen) atoms. The van der Waals surface area contributed by atoms with Gasteiger partial charge in [0.1, 0.15) is 17.9 Å². The van der Waals surface area contributed by atoms with Crippen LogP contribution in [-0.4, -0.2) is 68.1 Å². The summed E-state index contributed by atoms with van der Waals surface area (Å²) >= 11 is 0. The monoisotopic (exact) mass is 443 g/mol. The van der Waals surface area contributed by atoms with Gasteiger partial charge in [0.2, 0.25) is 0 Å². The summed E-state index contributed by atoms with van der Waals surface area (Å²) in [5.74, 6) is 0.373. The zero-order valence-electron chi connectivity index (χ0n) is 19.3. The lowest BCUT2D eigenvalue weighted by atomic mass is 9.94. The number of nitrogens with zero attached hydrogens (tertiary/aromatic N) is 5. The number of hydrogen-bond acceptors (Lipinski definition) is 8. The first-order chi connectivity index (χ1) is 15.5. The Labute approximate surface area is 189 Å². The second-order valence-electron chi connectivity index (χ2n) is 10.0. The summed E-state index contributed by atoms with van der Waals surface area (Å²) in [5.41, 5.74) is 13.3. The van der Waals surface area contributed by atoms with Crippen LogP contribution in [-0.2, 0) is 9.47 Å². The Bertz CT molecular complexity index is 926. The van der Waals surface area contributed by atoms with Crippen LogP contribution in [0.25, 0.3) is 11.2 Å². The van der Waals surface area contributed by atoms with E-state index in [0.29, 0.717) is 29.8 Å². The van der Waals surface area contributed by atoms with Crippen molar-refractivity contribution in [3.8, 4) is 0 Å². The molecular weight excluding hydrogens is 406 g/mol. The van der Waals surface area contributed by atoms with Crippen LogP contribution in [0.5, 0.6) is 0 Å². The SMILES string of the molecule is CC(C)N(CCCN)CC1CC(n2cnc3c(N)ncnc32)C2OC3(CCCCC3)OC12. The van der Waals surface area contributed by atoms with Crippen LogP contribution in [0.4, 0.5) is 5.82 Å². The van der Waals surface area contributed by atoms with Gasteiger partial charge < -0.3 is 30.4 Å². The van der Waals surface area contributed by atoms with Crippen LogP contribution in [0.1, 0.15) is 64.8 Å². The molecular formula is C23H37N7O2. The highest BCUT2D eigenvalue weighted by Gasteiger charge is 2.58. The van der Waals surface area contributed by atoms with Crippen LogP contribution < -0.4 is 11.5 Å². The molecule has 0 amide bonds. The Morgan fingerprint density at radius 2 is 1.94 bits per heavy atom. The first-order valence-electron chi connectivity index (χ1n) is 12.2. The minimum absolute atomic E-state index is 0.00443. The molecule has 4 N–H and O–H groups in total. The Morgan fingerprint density at radius 3 is 2.69 bits per heavy atom. The number of imidazole rings is 1. The van der Waals surface area contributed by atoms with Gasteiger partial charge in [0.15, 0.2) is 17.3 Å². The van der Waals surface area contributed by atoms with Crippen molar-refractivity contribution in [2.24, 2.45) is 11.7 Å². The van der Waals surface area contributed by atoms with Crippen LogP contribution in [0.15, 0.2) is 12.7 Å². The second-order valence-corrected chi connectivity index (χ2v) is 10.0. The molecule has 4 unspecified atom stereocenters. The number of aromatic nitrogens is 4. The quantitative estimate of drug-likeness (QED) is 0.670. The van der Waals surface area contributed by atoms with E-state index in [1.807, 2.05) is 6.33 Å². The maximum atomic E-state index is 6.81. The fourth-order valence-electron chi connectivity index (χ4n) is 5.94. The third-order valence-electron chi connectivity index (χ3n) is 7.62. The largest absolute Gasteiger partial charge is 0.382 e. The van der Waals surface area contributed by atoms with E-state index in [1.54, 1.807) is 0 Å². The van der Waals surface area contributed by atoms with Crippen molar-refractivity contribution < 1.29 is 9.47 Å². The third kappa shape index (κ3) is 3.89. The molecule has 9 heteroatoms. The maximum absolute atomic E-state index is 6.81. The van der Waals surface area contributed by atoms with E-state index in [9.17, 15) is 0 Å². The Balaban J connectivity index is 1.45. The zero-order valence-corrected chi connectivity index (χ0v) is 19.3. The highest BCUT2D eigenvalue weighted by atomic mass is 16.8. The lowest BCUT2D eigenvalue weighted by Gasteiger charge is -2.35. The van der Waals surface area contributed by atoms with Gasteiger partial charge in [-0.3, -0.25) is 0 Å². The number of nitrogen functional groups attached to an aromatic ring is 1. The third-order valence-corrected chi connectivity index (χ3v) is 7.62. The summed E-state index contributed by atoms with van der Waals surface area (Å²) in [6, 6.07) is 0.584. The van der Waals surface area contributed by atoms with Crippen molar-refractivity contribution in [2.75, 3.05) is 25.4 Å². The summed E-state index contributed by atoms with van der Waals surface area (Å²) in [6.07, 6.45) is 11.0. The first kappa shape index (κ1) is 22.0. The van der Waals surface area contributed by atoms with E-state index in [1.165, 1.54) is 25.6 Å². The normalized spacial score (nSPS) is 29.5. The van der Waals surface area contributed by atoms with Crippen LogP contribution in [0.2, 0.25) is 0 Å². The van der Waals surface area contributed by atoms with Crippen molar-refractivity contribution in [1.82, 2.24) is 24.4 Å². The van der Waals surface area contributed by atoms with Gasteiger partial charge in [-0.15, -0.1) is 0 Å². The lowest BCUT2D eigenvalue weighted by molar-refractivity contribution is -0.205. The number of rotatable bonds is 7. The van der Waals surface area contributed by atoms with Crippen molar-refractivity contribution in [3.63, 3.8) is 0 Å². The fraction of sp³-hybridized carbons (Fsp3) is 0.783. The van der Waals surface area contributed by atoms with E-state index < -0.39 is 5.79 Å². The minimum Gasteiger partial charge on any atom is -0.382 e. The average Bonchev–Trinajstić information content (AvgIpc) is 3.45. The molecule has 3 fully saturated rings. The Hall–Kier alpha value is -1.81. The van der Waals surface area contributed by atoms with Gasteiger partial charge in [-0.2, -0.15) is 0 Å². The van der Waals surface area contributed by atoms with E-state index in [4.69, 9.17) is 20.9 Å². The number of nitrogens with two attached hydrogens (primary N) is 2. The van der Waals surface area contributed by atoms with Gasteiger partial charge in [-0.25, -0.2) is 15.0 Å². The number of anilines is 1. The molecule has 1 saturated heterocycles. The summed E-state index contributed by atoms with van der Waals surface area (Å²) in [7, 11) is 0. The molecule has 9 nitrogen and oxygen atoms in total. The molecule has 2 aliphatic carbocycles. The van der Waals surface area contributed by atoms with Gasteiger partial charge in [-0.1, -0.05) is 6.42 Å². The van der Waals surface area contributed by atoms with Crippen LogP contribution in [0, 0.1) is 5.92 Å². The summed E-state index contributed by atoms with van der Waals surface area (Å²) in [6.45, 7) is 7.23. The molecule has 2 saturated carbocycles. The molecule has 0 aromatic carbocycles. The average molecular weight is 444 g/mol. The molecule has 1 spiro atoms. The van der Waals surface area contributed by atoms with E-state index in [2.05, 4.69) is 38.3 Å². The molecule has 2 aromatic heterocycles. The molecule has 0 radical (unpaired) electrons. The van der Waals surface area contributed by atoms with Crippen LogP contribution >= 0.6 is 0 Å². The molecule has 3 heterocycles. The van der Waals surface area contributed by atoms with Gasteiger partial charge in [0.25, 0.3) is 0 Å². The van der Waals surface area contributed by atoms with Gasteiger partial charge in [0, 0.05) is 31.3 Å². The first-order valence-corrected chi connectivity index (χ1v) is 12.2. The standard InChI is InChI=1S/C23H37N7O2/c1-15(2)29(10-6-9-24)12-16-11-17(30-14-28-18-21(25)26-13-27-22(18)30)20-19(16)31-23(32-20)7-4-3-5-8-23/h13-17,19-20H,3-12,24H2,1-2H3,(H2,25,26,27). The van der Waals surface area contributed by atoms with E-state index >= 15 is 0 Å². The Morgan fingerprint density at radius 1 is 1.16 bits per heavy atom. The summed E-state index contributed by atoms with van der Waals surface area (Å²) in [5, 5.41) is 0. The molecule has 3 aliphatic rings. The smallest absolute Gasteiger partial charge is 0.169 e. The molecule has 1 aliphatic heterocycles. The molecule has 5 rings (SSSR count). The number of fused-ring (bicyclic) bond motifs is 2. The number of ether oxygens (including phenoxy) is 2. The second kappa shape index (κ2) is 8.85. The topological polar surface area (TPSA) is 117 Å². The van der Waals surface area contributed by atoms with E-state index in [0.717, 1.165) is 44.4 Å². The van der Waals surface area contributed by atoms with E-state index in [-0.39, 0.29) is 18.2 Å². The molecule has 0 bridgehead atoms. The molecule has 4 atom stereocenters. The predicted molar refractivity (Wildman–Crippen MR) is 123 cm³/mol. The Kier molecular flexibility index (Phi) is 6.09. The lowest BCUT2D eigenvalue weighted by Crippen LogP contribution is -2.41. The van der Waals surface area contributed by atoms with Crippen molar-refractivity contribution in [1.29, 1.82) is 0 Å². The van der Waals surface area contributed by atoms with Crippen molar-refractivity contribution in [2.45, 2.75) is 88.9 Å². The van der Waals surface area contributed by atoms with Crippen molar-refractivity contribution >= 4 is 17.0 Å². The molecule has 176 valence electrons. The fourth-order valence-corrected chi connectivity index (χ4v) is 5.94. The molecule has 2 aromatic rings. The highest BCUT2D eigenvalue weighted by Crippen LogP contribution is 2.51. The van der Waals surface area contributed by atoms with Gasteiger partial charge in [0.05, 0.1) is 18.5 Å². The van der Waals surface area contributed by atoms with Crippen molar-refractivity contribution in [3.05, 3.63) is 12.7 Å². The number of hydrogen-bond donors (Lipinski definition) is 2. The summed E-state index contributed by atoms with van der Waals surface area (Å²) < 4.78 is 15.8. The van der Waals surface area contributed by atoms with Gasteiger partial charge >= 0.3 is 0 Å². The zero-order chi connectivity index (χ0) is 22.3. The predicted octanol–water partition coefficient (Wildman–Crippen LogP) is 2.47.